The molecule has 0 bridgehead atoms. The largest absolute Gasteiger partial charge is 0.332 e. The third kappa shape index (κ3) is 2.95. The van der Waals surface area contributed by atoms with Crippen LogP contribution >= 0.6 is 0 Å². The highest BCUT2D eigenvalue weighted by atomic mass is 16.7. The lowest BCUT2D eigenvalue weighted by Crippen LogP contribution is -2.04. The number of nitro benzene ring substituents is 3. The predicted molar refractivity (Wildman–Crippen MR) is 89.2 cm³/mol. The van der Waals surface area contributed by atoms with Crippen molar-refractivity contribution in [1.29, 1.82) is 0 Å². The smallest absolute Gasteiger partial charge is 0.318 e. The third-order valence-corrected chi connectivity index (χ3v) is 3.77. The van der Waals surface area contributed by atoms with Gasteiger partial charge < -0.3 is 4.84 Å². The number of nitrogens with zero attached hydrogens (tertiary/aromatic N) is 4. The maximum absolute atomic E-state index is 11.4. The molecule has 0 unspecified atom stereocenters. The van der Waals surface area contributed by atoms with E-state index < -0.39 is 32.1 Å². The van der Waals surface area contributed by atoms with E-state index in [1.807, 2.05) is 0 Å². The molecule has 2 aromatic carbocycles. The Morgan fingerprint density at radius 1 is 0.889 bits per heavy atom. The summed E-state index contributed by atoms with van der Waals surface area (Å²) in [6.45, 7) is 1.06. The summed E-state index contributed by atoms with van der Waals surface area (Å²) in [7, 11) is 0. The molecule has 0 saturated carbocycles. The van der Waals surface area contributed by atoms with Crippen molar-refractivity contribution in [2.45, 2.75) is 6.92 Å². The predicted octanol–water partition coefficient (Wildman–Crippen LogP) is 2.71. The van der Waals surface area contributed by atoms with Gasteiger partial charge in [-0.1, -0.05) is 5.16 Å². The van der Waals surface area contributed by atoms with Crippen molar-refractivity contribution in [1.82, 2.24) is 0 Å². The van der Waals surface area contributed by atoms with E-state index in [1.165, 1.54) is 6.07 Å². The first-order valence-corrected chi connectivity index (χ1v) is 7.22. The molecule has 0 radical (unpaired) electrons. The number of carbonyl (C=O) groups is 1. The summed E-state index contributed by atoms with van der Waals surface area (Å²) < 4.78 is 0. The topological polar surface area (TPSA) is 168 Å². The van der Waals surface area contributed by atoms with Crippen LogP contribution in [0.15, 0.2) is 35.5 Å². The van der Waals surface area contributed by atoms with Gasteiger partial charge in [0.1, 0.15) is 5.71 Å². The Bertz CT molecular complexity index is 1080. The summed E-state index contributed by atoms with van der Waals surface area (Å²) in [6, 6.07) is 5.35. The Labute approximate surface area is 149 Å². The van der Waals surface area contributed by atoms with Gasteiger partial charge in [-0.2, -0.15) is 0 Å². The quantitative estimate of drug-likeness (QED) is 0.382. The molecule has 3 rings (SSSR count). The molecule has 12 heteroatoms. The molecule has 0 N–H and O–H groups in total. The Morgan fingerprint density at radius 2 is 1.52 bits per heavy atom. The summed E-state index contributed by atoms with van der Waals surface area (Å²) >= 11 is 0. The van der Waals surface area contributed by atoms with Crippen molar-refractivity contribution >= 4 is 28.7 Å². The minimum atomic E-state index is -0.817. The average molecular weight is 372 g/mol. The van der Waals surface area contributed by atoms with E-state index in [4.69, 9.17) is 0 Å². The van der Waals surface area contributed by atoms with Crippen LogP contribution in [-0.2, 0) is 9.63 Å². The van der Waals surface area contributed by atoms with Gasteiger partial charge in [-0.05, 0) is 11.6 Å². The molecule has 1 aliphatic rings. The van der Waals surface area contributed by atoms with Crippen molar-refractivity contribution in [2.75, 3.05) is 0 Å². The van der Waals surface area contributed by atoms with Crippen molar-refractivity contribution in [3.8, 4) is 11.1 Å². The molecule has 0 aliphatic heterocycles. The highest BCUT2D eigenvalue weighted by Crippen LogP contribution is 2.45. The lowest BCUT2D eigenvalue weighted by Gasteiger charge is -2.02. The standard InChI is InChI=1S/C15H8N4O8/c1-7(20)27-16-15-11-4-8(17(21)22)2-3-10(11)14-12(15)5-9(18(23)24)6-13(14)19(25)26/h2-6H,1H3. The molecule has 0 amide bonds. The molecule has 0 saturated heterocycles. The average Bonchev–Trinajstić information content (AvgIpc) is 2.91. The van der Waals surface area contributed by atoms with Gasteiger partial charge in [-0.25, -0.2) is 4.79 Å². The highest BCUT2D eigenvalue weighted by Gasteiger charge is 2.36. The first-order chi connectivity index (χ1) is 12.7. The van der Waals surface area contributed by atoms with Crippen LogP contribution in [0.5, 0.6) is 0 Å². The van der Waals surface area contributed by atoms with Crippen LogP contribution in [0.1, 0.15) is 18.1 Å². The Balaban J connectivity index is 2.38. The van der Waals surface area contributed by atoms with Crippen molar-refractivity contribution in [3.05, 3.63) is 71.8 Å². The summed E-state index contributed by atoms with van der Waals surface area (Å²) in [4.78, 5) is 47.0. The van der Waals surface area contributed by atoms with E-state index in [9.17, 15) is 35.1 Å². The molecule has 0 heterocycles. The fourth-order valence-corrected chi connectivity index (χ4v) is 2.74. The maximum atomic E-state index is 11.4. The van der Waals surface area contributed by atoms with E-state index in [-0.39, 0.29) is 33.7 Å². The van der Waals surface area contributed by atoms with Gasteiger partial charge in [0.25, 0.3) is 17.1 Å². The second kappa shape index (κ2) is 6.25. The molecular weight excluding hydrogens is 364 g/mol. The SMILES string of the molecule is CC(=O)ON=C1c2cc([N+](=O)[O-])ccc2-c2c1cc([N+](=O)[O-])cc2[N+](=O)[O-]. The highest BCUT2D eigenvalue weighted by molar-refractivity contribution is 6.26. The van der Waals surface area contributed by atoms with E-state index in [0.717, 1.165) is 31.2 Å². The second-order valence-corrected chi connectivity index (χ2v) is 5.41. The van der Waals surface area contributed by atoms with Gasteiger partial charge in [0.2, 0.25) is 0 Å². The number of rotatable bonds is 4. The molecule has 0 fully saturated rings. The zero-order valence-electron chi connectivity index (χ0n) is 13.4. The van der Waals surface area contributed by atoms with E-state index in [1.54, 1.807) is 0 Å². The summed E-state index contributed by atoms with van der Waals surface area (Å²) in [6.07, 6.45) is 0. The molecule has 1 aliphatic carbocycles. The molecule has 2 aromatic rings. The minimum absolute atomic E-state index is 0.00130. The molecule has 27 heavy (non-hydrogen) atoms. The van der Waals surface area contributed by atoms with Crippen molar-refractivity contribution in [3.63, 3.8) is 0 Å². The lowest BCUT2D eigenvalue weighted by atomic mass is 10.0. The van der Waals surface area contributed by atoms with Crippen LogP contribution in [0.2, 0.25) is 0 Å². The molecule has 0 atom stereocenters. The van der Waals surface area contributed by atoms with E-state index in [2.05, 4.69) is 9.99 Å². The van der Waals surface area contributed by atoms with Gasteiger partial charge in [0, 0.05) is 36.2 Å². The number of benzene rings is 2. The number of non-ortho nitro benzene ring substituents is 2. The van der Waals surface area contributed by atoms with E-state index in [0.29, 0.717) is 0 Å². The number of fused-ring (bicyclic) bond motifs is 3. The van der Waals surface area contributed by atoms with Gasteiger partial charge >= 0.3 is 5.97 Å². The van der Waals surface area contributed by atoms with Crippen LogP contribution in [0.4, 0.5) is 17.1 Å². The first kappa shape index (κ1) is 17.6. The minimum Gasteiger partial charge on any atom is -0.318 e. The molecule has 0 spiro atoms. The van der Waals surface area contributed by atoms with Crippen molar-refractivity contribution < 1.29 is 24.4 Å². The lowest BCUT2D eigenvalue weighted by molar-refractivity contribution is -0.393. The molecule has 136 valence electrons. The zero-order valence-corrected chi connectivity index (χ0v) is 13.4. The van der Waals surface area contributed by atoms with Crippen LogP contribution < -0.4 is 0 Å². The van der Waals surface area contributed by atoms with Gasteiger partial charge in [-0.3, -0.25) is 30.3 Å². The number of carbonyl (C=O) groups excluding carboxylic acids is 1. The Hall–Kier alpha value is -4.22. The Morgan fingerprint density at radius 3 is 2.07 bits per heavy atom. The monoisotopic (exact) mass is 372 g/mol. The fourth-order valence-electron chi connectivity index (χ4n) is 2.74. The summed E-state index contributed by atoms with van der Waals surface area (Å²) in [5, 5.41) is 37.2. The van der Waals surface area contributed by atoms with Crippen LogP contribution in [0.25, 0.3) is 11.1 Å². The molecular formula is C15H8N4O8. The maximum Gasteiger partial charge on any atom is 0.332 e. The normalized spacial score (nSPS) is 13.0. The number of hydrogen-bond donors (Lipinski definition) is 0. The van der Waals surface area contributed by atoms with Gasteiger partial charge in [0.15, 0.2) is 0 Å². The van der Waals surface area contributed by atoms with E-state index >= 15 is 0 Å². The third-order valence-electron chi connectivity index (χ3n) is 3.77. The molecule has 12 nitrogen and oxygen atoms in total. The summed E-state index contributed by atoms with van der Waals surface area (Å²) in [5.74, 6) is -0.803. The number of hydrogen-bond acceptors (Lipinski definition) is 9. The number of oxime groups is 1. The number of nitro groups is 3. The van der Waals surface area contributed by atoms with Crippen molar-refractivity contribution in [2.24, 2.45) is 5.16 Å². The summed E-state index contributed by atoms with van der Waals surface area (Å²) in [5.41, 5.74) is -1.35. The first-order valence-electron chi connectivity index (χ1n) is 7.22. The van der Waals surface area contributed by atoms with Gasteiger partial charge in [0.05, 0.1) is 26.4 Å². The van der Waals surface area contributed by atoms with Gasteiger partial charge in [-0.15, -0.1) is 0 Å². The van der Waals surface area contributed by atoms with Crippen LogP contribution in [0, 0.1) is 30.3 Å². The second-order valence-electron chi connectivity index (χ2n) is 5.41. The van der Waals surface area contributed by atoms with Crippen LogP contribution in [-0.4, -0.2) is 26.5 Å². The Kier molecular flexibility index (Phi) is 4.08. The van der Waals surface area contributed by atoms with Crippen LogP contribution in [0.3, 0.4) is 0 Å². The fraction of sp³-hybridized carbons (Fsp3) is 0.0667. The zero-order chi connectivity index (χ0) is 19.9. The molecule has 0 aromatic heterocycles.